The van der Waals surface area contributed by atoms with Gasteiger partial charge in [0.2, 0.25) is 5.75 Å². The second-order valence-electron chi connectivity index (χ2n) is 7.42. The highest BCUT2D eigenvalue weighted by atomic mass is 79.9. The van der Waals surface area contributed by atoms with Gasteiger partial charge in [0.25, 0.3) is 5.56 Å². The summed E-state index contributed by atoms with van der Waals surface area (Å²) in [6.07, 6.45) is 4.63. The monoisotopic (exact) mass is 523 g/mol. The Balaban J connectivity index is 1.70. The minimum absolute atomic E-state index is 0.229. The van der Waals surface area contributed by atoms with Crippen LogP contribution >= 0.6 is 15.9 Å². The highest BCUT2D eigenvalue weighted by molar-refractivity contribution is 9.10. The molecule has 2 heterocycles. The molecule has 0 atom stereocenters. The number of aromatic nitrogens is 3. The molecule has 0 fully saturated rings. The van der Waals surface area contributed by atoms with Crippen molar-refractivity contribution in [1.82, 2.24) is 14.8 Å². The SMILES string of the molecule is COc1cc(/C=C/C(=O)c2cnn(-c3cc(=O)[nH]c4ccc(Br)cc34)c2C)cc(OC)c1OC. The molecule has 2 aromatic heterocycles. The van der Waals surface area contributed by atoms with Crippen molar-refractivity contribution in [2.24, 2.45) is 0 Å². The van der Waals surface area contributed by atoms with E-state index in [-0.39, 0.29) is 11.3 Å². The van der Waals surface area contributed by atoms with Gasteiger partial charge in [0.15, 0.2) is 17.3 Å². The number of aromatic amines is 1. The molecule has 0 unspecified atom stereocenters. The summed E-state index contributed by atoms with van der Waals surface area (Å²) in [6.45, 7) is 1.79. The van der Waals surface area contributed by atoms with Crippen molar-refractivity contribution < 1.29 is 19.0 Å². The van der Waals surface area contributed by atoms with Crippen LogP contribution in [0.25, 0.3) is 22.7 Å². The Morgan fingerprint density at radius 2 is 1.76 bits per heavy atom. The quantitative estimate of drug-likeness (QED) is 0.278. The van der Waals surface area contributed by atoms with Gasteiger partial charge in [0.05, 0.1) is 50.0 Å². The lowest BCUT2D eigenvalue weighted by atomic mass is 10.1. The standard InChI is InChI=1S/C25H22BrN3O5/c1-14-18(21(30)8-5-15-9-22(32-2)25(34-4)23(10-15)33-3)13-27-29(14)20-12-24(31)28-19-7-6-16(26)11-17(19)20/h5-13H,1-4H3,(H,28,31)/b8-5+. The predicted octanol–water partition coefficient (Wildman–Crippen LogP) is 4.71. The maximum Gasteiger partial charge on any atom is 0.250 e. The van der Waals surface area contributed by atoms with Gasteiger partial charge in [-0.2, -0.15) is 5.10 Å². The van der Waals surface area contributed by atoms with Gasteiger partial charge in [-0.3, -0.25) is 9.59 Å². The fraction of sp³-hybridized carbons (Fsp3) is 0.160. The van der Waals surface area contributed by atoms with Gasteiger partial charge in [-0.05, 0) is 48.9 Å². The van der Waals surface area contributed by atoms with Crippen molar-refractivity contribution in [1.29, 1.82) is 0 Å². The van der Waals surface area contributed by atoms with Crippen LogP contribution in [0.1, 0.15) is 21.6 Å². The summed E-state index contributed by atoms with van der Waals surface area (Å²) in [7, 11) is 4.59. The first-order valence-electron chi connectivity index (χ1n) is 10.3. The molecule has 0 saturated carbocycles. The molecule has 0 aliphatic heterocycles. The van der Waals surface area contributed by atoms with E-state index >= 15 is 0 Å². The maximum atomic E-state index is 13.0. The van der Waals surface area contributed by atoms with Crippen LogP contribution in [-0.2, 0) is 0 Å². The number of ether oxygens (including phenoxy) is 3. The Bertz CT molecular complexity index is 1460. The van der Waals surface area contributed by atoms with Gasteiger partial charge in [0.1, 0.15) is 0 Å². The summed E-state index contributed by atoms with van der Waals surface area (Å²) in [5.41, 5.74) is 2.76. The average Bonchev–Trinajstić information content (AvgIpc) is 3.22. The van der Waals surface area contributed by atoms with E-state index < -0.39 is 0 Å². The molecule has 9 heteroatoms. The molecular weight excluding hydrogens is 502 g/mol. The van der Waals surface area contributed by atoms with Crippen molar-refractivity contribution in [3.05, 3.63) is 80.3 Å². The van der Waals surface area contributed by atoms with E-state index in [4.69, 9.17) is 14.2 Å². The number of H-pyrrole nitrogens is 1. The predicted molar refractivity (Wildman–Crippen MR) is 134 cm³/mol. The fourth-order valence-corrected chi connectivity index (χ4v) is 4.10. The molecule has 0 saturated heterocycles. The molecule has 4 rings (SSSR count). The third-order valence-electron chi connectivity index (χ3n) is 5.40. The van der Waals surface area contributed by atoms with Crippen LogP contribution in [0, 0.1) is 6.92 Å². The van der Waals surface area contributed by atoms with Gasteiger partial charge in [0, 0.05) is 15.9 Å². The second-order valence-corrected chi connectivity index (χ2v) is 8.34. The largest absolute Gasteiger partial charge is 0.493 e. The molecule has 0 spiro atoms. The summed E-state index contributed by atoms with van der Waals surface area (Å²) in [4.78, 5) is 28.0. The molecule has 8 nitrogen and oxygen atoms in total. The summed E-state index contributed by atoms with van der Waals surface area (Å²) in [6, 6.07) is 10.5. The molecule has 0 aliphatic rings. The first-order valence-corrected chi connectivity index (χ1v) is 11.1. The van der Waals surface area contributed by atoms with Crippen LogP contribution in [0.15, 0.2) is 57.9 Å². The Hall–Kier alpha value is -3.85. The van der Waals surface area contributed by atoms with Crippen LogP contribution in [0.4, 0.5) is 0 Å². The number of benzene rings is 2. The van der Waals surface area contributed by atoms with Crippen LogP contribution in [0.5, 0.6) is 17.2 Å². The number of allylic oxidation sites excluding steroid dienone is 1. The Kier molecular flexibility index (Phi) is 6.56. The van der Waals surface area contributed by atoms with Crippen molar-refractivity contribution in [3.8, 4) is 22.9 Å². The number of pyridine rings is 1. The topological polar surface area (TPSA) is 95.4 Å². The van der Waals surface area contributed by atoms with Gasteiger partial charge in [-0.25, -0.2) is 4.68 Å². The smallest absolute Gasteiger partial charge is 0.250 e. The number of rotatable bonds is 7. The van der Waals surface area contributed by atoms with Crippen molar-refractivity contribution in [3.63, 3.8) is 0 Å². The van der Waals surface area contributed by atoms with Gasteiger partial charge in [-0.1, -0.05) is 22.0 Å². The molecule has 0 aliphatic carbocycles. The zero-order chi connectivity index (χ0) is 24.4. The number of carbonyl (C=O) groups excluding carboxylic acids is 1. The molecule has 174 valence electrons. The van der Waals surface area contributed by atoms with Crippen LogP contribution in [-0.4, -0.2) is 41.9 Å². The lowest BCUT2D eigenvalue weighted by molar-refractivity contribution is 0.104. The number of ketones is 1. The zero-order valence-electron chi connectivity index (χ0n) is 19.0. The minimum Gasteiger partial charge on any atom is -0.493 e. The summed E-state index contributed by atoms with van der Waals surface area (Å²) < 4.78 is 18.5. The second kappa shape index (κ2) is 9.56. The zero-order valence-corrected chi connectivity index (χ0v) is 20.6. The number of fused-ring (bicyclic) bond motifs is 1. The van der Waals surface area contributed by atoms with Crippen molar-refractivity contribution >= 4 is 38.7 Å². The third-order valence-corrected chi connectivity index (χ3v) is 5.89. The number of hydrogen-bond acceptors (Lipinski definition) is 6. The fourth-order valence-electron chi connectivity index (χ4n) is 3.74. The molecule has 4 aromatic rings. The Morgan fingerprint density at radius 1 is 1.06 bits per heavy atom. The highest BCUT2D eigenvalue weighted by Crippen LogP contribution is 2.38. The molecule has 34 heavy (non-hydrogen) atoms. The lowest BCUT2D eigenvalue weighted by Crippen LogP contribution is -2.10. The number of nitrogens with one attached hydrogen (secondary N) is 1. The van der Waals surface area contributed by atoms with Crippen LogP contribution in [0.3, 0.4) is 0 Å². The molecular formula is C25H22BrN3O5. The normalized spacial score (nSPS) is 11.2. The van der Waals surface area contributed by atoms with E-state index in [0.717, 1.165) is 9.86 Å². The minimum atomic E-state index is -0.255. The number of methoxy groups -OCH3 is 3. The third kappa shape index (κ3) is 4.34. The lowest BCUT2D eigenvalue weighted by Gasteiger charge is -2.12. The highest BCUT2D eigenvalue weighted by Gasteiger charge is 2.17. The van der Waals surface area contributed by atoms with E-state index in [1.165, 1.54) is 39.7 Å². The summed E-state index contributed by atoms with van der Waals surface area (Å²) in [5.74, 6) is 1.23. The number of halogens is 1. The van der Waals surface area contributed by atoms with Crippen molar-refractivity contribution in [2.45, 2.75) is 6.92 Å². The molecule has 1 N–H and O–H groups in total. The average molecular weight is 524 g/mol. The van der Waals surface area contributed by atoms with Gasteiger partial charge < -0.3 is 19.2 Å². The van der Waals surface area contributed by atoms with Crippen molar-refractivity contribution in [2.75, 3.05) is 21.3 Å². The van der Waals surface area contributed by atoms with Gasteiger partial charge in [-0.15, -0.1) is 0 Å². The Morgan fingerprint density at radius 3 is 2.41 bits per heavy atom. The van der Waals surface area contributed by atoms with Gasteiger partial charge >= 0.3 is 0 Å². The summed E-state index contributed by atoms with van der Waals surface area (Å²) in [5, 5.41) is 5.20. The molecule has 0 bridgehead atoms. The Labute approximate surface area is 203 Å². The maximum absolute atomic E-state index is 13.0. The first kappa shape index (κ1) is 23.3. The molecule has 0 radical (unpaired) electrons. The molecule has 0 amide bonds. The molecule has 2 aromatic carbocycles. The number of carbonyl (C=O) groups is 1. The van der Waals surface area contributed by atoms with Crippen LogP contribution in [0.2, 0.25) is 0 Å². The number of nitrogens with zero attached hydrogens (tertiary/aromatic N) is 2. The van der Waals surface area contributed by atoms with E-state index in [0.29, 0.717) is 45.3 Å². The van der Waals surface area contributed by atoms with E-state index in [1.54, 1.807) is 29.8 Å². The van der Waals surface area contributed by atoms with E-state index in [2.05, 4.69) is 26.0 Å². The van der Waals surface area contributed by atoms with E-state index in [1.807, 2.05) is 18.2 Å². The van der Waals surface area contributed by atoms with E-state index in [9.17, 15) is 9.59 Å². The number of hydrogen-bond donors (Lipinski definition) is 1. The summed E-state index contributed by atoms with van der Waals surface area (Å²) >= 11 is 3.47. The van der Waals surface area contributed by atoms with Crippen LogP contribution < -0.4 is 19.8 Å². The first-order chi connectivity index (χ1) is 16.4.